The highest BCUT2D eigenvalue weighted by Crippen LogP contribution is 2.23. The molecule has 11 heavy (non-hydrogen) atoms. The van der Waals surface area contributed by atoms with Gasteiger partial charge in [-0.1, -0.05) is 20.8 Å². The molecule has 0 N–H and O–H groups in total. The van der Waals surface area contributed by atoms with E-state index in [1.54, 1.807) is 0 Å². The number of hydrogen-bond acceptors (Lipinski definition) is 2. The van der Waals surface area contributed by atoms with Gasteiger partial charge in [0.25, 0.3) is 0 Å². The molecule has 2 heteroatoms. The molecule has 0 spiro atoms. The van der Waals surface area contributed by atoms with Crippen LogP contribution < -0.4 is 0 Å². The molecule has 0 bridgehead atoms. The normalized spacial score (nSPS) is 32.2. The van der Waals surface area contributed by atoms with Gasteiger partial charge in [0.1, 0.15) is 6.10 Å². The van der Waals surface area contributed by atoms with Crippen LogP contribution in [0.3, 0.4) is 0 Å². The van der Waals surface area contributed by atoms with E-state index in [0.29, 0.717) is 5.92 Å². The predicted molar refractivity (Wildman–Crippen MR) is 43.1 cm³/mol. The third kappa shape index (κ3) is 1.95. The second kappa shape index (κ2) is 3.24. The number of esters is 1. The van der Waals surface area contributed by atoms with Crippen LogP contribution in [0, 0.1) is 11.8 Å². The Kier molecular flexibility index (Phi) is 2.53. The summed E-state index contributed by atoms with van der Waals surface area (Å²) in [5.41, 5.74) is 0. The third-order valence-electron chi connectivity index (χ3n) is 2.30. The van der Waals surface area contributed by atoms with Gasteiger partial charge in [-0.25, -0.2) is 0 Å². The van der Waals surface area contributed by atoms with Gasteiger partial charge < -0.3 is 4.74 Å². The van der Waals surface area contributed by atoms with Crippen molar-refractivity contribution in [3.8, 4) is 0 Å². The molecule has 0 amide bonds. The van der Waals surface area contributed by atoms with Gasteiger partial charge in [0.15, 0.2) is 0 Å². The highest BCUT2D eigenvalue weighted by Gasteiger charge is 2.28. The van der Waals surface area contributed by atoms with Crippen LogP contribution in [0.2, 0.25) is 0 Å². The standard InChI is InChI=1S/C9H16O2/c1-6(2)8-5-4-7(3)9(10)11-8/h6-8H,4-5H2,1-3H3/t7-,8-/m1/s1. The van der Waals surface area contributed by atoms with Crippen molar-refractivity contribution in [2.75, 3.05) is 0 Å². The van der Waals surface area contributed by atoms with Crippen molar-refractivity contribution in [2.24, 2.45) is 11.8 Å². The van der Waals surface area contributed by atoms with Crippen molar-refractivity contribution in [1.82, 2.24) is 0 Å². The summed E-state index contributed by atoms with van der Waals surface area (Å²) in [5.74, 6) is 0.561. The summed E-state index contributed by atoms with van der Waals surface area (Å²) < 4.78 is 5.22. The molecule has 0 saturated carbocycles. The zero-order chi connectivity index (χ0) is 8.43. The van der Waals surface area contributed by atoms with Crippen LogP contribution in [0.1, 0.15) is 33.6 Å². The van der Waals surface area contributed by atoms with Gasteiger partial charge in [-0.05, 0) is 18.8 Å². The molecule has 1 aliphatic rings. The van der Waals surface area contributed by atoms with Crippen LogP contribution in [-0.2, 0) is 9.53 Å². The first kappa shape index (κ1) is 8.57. The largest absolute Gasteiger partial charge is 0.462 e. The van der Waals surface area contributed by atoms with Crippen LogP contribution >= 0.6 is 0 Å². The molecular weight excluding hydrogens is 140 g/mol. The summed E-state index contributed by atoms with van der Waals surface area (Å²) in [7, 11) is 0. The minimum atomic E-state index is -0.0186. The summed E-state index contributed by atoms with van der Waals surface area (Å²) in [4.78, 5) is 11.1. The first-order valence-corrected chi connectivity index (χ1v) is 4.31. The van der Waals surface area contributed by atoms with Gasteiger partial charge >= 0.3 is 5.97 Å². The van der Waals surface area contributed by atoms with Crippen molar-refractivity contribution in [3.05, 3.63) is 0 Å². The molecule has 1 aliphatic heterocycles. The van der Waals surface area contributed by atoms with Gasteiger partial charge in [-0.2, -0.15) is 0 Å². The number of carbonyl (C=O) groups excluding carboxylic acids is 1. The Morgan fingerprint density at radius 2 is 2.09 bits per heavy atom. The molecule has 1 rings (SSSR count). The van der Waals surface area contributed by atoms with E-state index in [1.165, 1.54) is 0 Å². The fraction of sp³-hybridized carbons (Fsp3) is 0.889. The monoisotopic (exact) mass is 156 g/mol. The fourth-order valence-electron chi connectivity index (χ4n) is 1.33. The molecule has 0 aromatic rings. The molecular formula is C9H16O2. The summed E-state index contributed by atoms with van der Waals surface area (Å²) in [6.45, 7) is 6.11. The second-order valence-electron chi connectivity index (χ2n) is 3.70. The Labute approximate surface area is 67.9 Å². The topological polar surface area (TPSA) is 26.3 Å². The van der Waals surface area contributed by atoms with Crippen molar-refractivity contribution in [3.63, 3.8) is 0 Å². The minimum Gasteiger partial charge on any atom is -0.462 e. The van der Waals surface area contributed by atoms with E-state index in [4.69, 9.17) is 4.74 Å². The lowest BCUT2D eigenvalue weighted by Gasteiger charge is -2.28. The minimum absolute atomic E-state index is 0.0186. The zero-order valence-corrected chi connectivity index (χ0v) is 7.46. The number of rotatable bonds is 1. The Balaban J connectivity index is 2.46. The summed E-state index contributed by atoms with van der Waals surface area (Å²) in [6.07, 6.45) is 2.19. The molecule has 2 nitrogen and oxygen atoms in total. The van der Waals surface area contributed by atoms with E-state index in [2.05, 4.69) is 13.8 Å². The number of hydrogen-bond donors (Lipinski definition) is 0. The van der Waals surface area contributed by atoms with E-state index in [-0.39, 0.29) is 18.0 Å². The lowest BCUT2D eigenvalue weighted by molar-refractivity contribution is -0.162. The van der Waals surface area contributed by atoms with E-state index >= 15 is 0 Å². The van der Waals surface area contributed by atoms with Gasteiger partial charge in [0.05, 0.1) is 5.92 Å². The van der Waals surface area contributed by atoms with Crippen molar-refractivity contribution < 1.29 is 9.53 Å². The van der Waals surface area contributed by atoms with E-state index in [1.807, 2.05) is 6.92 Å². The van der Waals surface area contributed by atoms with Gasteiger partial charge in [-0.15, -0.1) is 0 Å². The Bertz CT molecular complexity index is 152. The maximum Gasteiger partial charge on any atom is 0.308 e. The predicted octanol–water partition coefficient (Wildman–Crippen LogP) is 1.98. The summed E-state index contributed by atoms with van der Waals surface area (Å²) >= 11 is 0. The molecule has 1 saturated heterocycles. The molecule has 1 fully saturated rings. The molecule has 0 aromatic carbocycles. The first-order chi connectivity index (χ1) is 5.11. The third-order valence-corrected chi connectivity index (χ3v) is 2.30. The smallest absolute Gasteiger partial charge is 0.308 e. The van der Waals surface area contributed by atoms with E-state index < -0.39 is 0 Å². The Hall–Kier alpha value is -0.530. The lowest BCUT2D eigenvalue weighted by Crippen LogP contribution is -2.32. The number of ether oxygens (including phenoxy) is 1. The van der Waals surface area contributed by atoms with Crippen molar-refractivity contribution >= 4 is 5.97 Å². The molecule has 0 radical (unpaired) electrons. The van der Waals surface area contributed by atoms with Gasteiger partial charge in [0.2, 0.25) is 0 Å². The average molecular weight is 156 g/mol. The second-order valence-corrected chi connectivity index (χ2v) is 3.70. The summed E-state index contributed by atoms with van der Waals surface area (Å²) in [5, 5.41) is 0. The molecule has 2 atom stereocenters. The maximum atomic E-state index is 11.1. The fourth-order valence-corrected chi connectivity index (χ4v) is 1.33. The highest BCUT2D eigenvalue weighted by molar-refractivity contribution is 5.72. The van der Waals surface area contributed by atoms with Crippen molar-refractivity contribution in [1.29, 1.82) is 0 Å². The van der Waals surface area contributed by atoms with Gasteiger partial charge in [0, 0.05) is 0 Å². The SMILES string of the molecule is CC(C)[C@H]1CC[C@@H](C)C(=O)O1. The molecule has 0 aromatic heterocycles. The van der Waals surface area contributed by atoms with Crippen LogP contribution in [0.15, 0.2) is 0 Å². The molecule has 64 valence electrons. The zero-order valence-electron chi connectivity index (χ0n) is 7.46. The van der Waals surface area contributed by atoms with Crippen LogP contribution in [0.25, 0.3) is 0 Å². The Morgan fingerprint density at radius 1 is 1.45 bits per heavy atom. The quantitative estimate of drug-likeness (QED) is 0.543. The van der Waals surface area contributed by atoms with Gasteiger partial charge in [-0.3, -0.25) is 4.79 Å². The molecule has 0 unspecified atom stereocenters. The molecule has 0 aliphatic carbocycles. The Morgan fingerprint density at radius 3 is 2.55 bits per heavy atom. The van der Waals surface area contributed by atoms with E-state index in [0.717, 1.165) is 12.8 Å². The number of carbonyl (C=O) groups is 1. The molecule has 1 heterocycles. The lowest BCUT2D eigenvalue weighted by atomic mass is 9.94. The van der Waals surface area contributed by atoms with Crippen LogP contribution in [-0.4, -0.2) is 12.1 Å². The first-order valence-electron chi connectivity index (χ1n) is 4.31. The van der Waals surface area contributed by atoms with E-state index in [9.17, 15) is 4.79 Å². The van der Waals surface area contributed by atoms with Crippen LogP contribution in [0.4, 0.5) is 0 Å². The number of cyclic esters (lactones) is 1. The van der Waals surface area contributed by atoms with Crippen LogP contribution in [0.5, 0.6) is 0 Å². The van der Waals surface area contributed by atoms with Crippen molar-refractivity contribution in [2.45, 2.75) is 39.7 Å². The average Bonchev–Trinajstić information content (AvgIpc) is 1.94. The highest BCUT2D eigenvalue weighted by atomic mass is 16.5. The maximum absolute atomic E-state index is 11.1. The summed E-state index contributed by atoms with van der Waals surface area (Å²) in [6, 6.07) is 0.